The average molecular weight is 242 g/mol. The summed E-state index contributed by atoms with van der Waals surface area (Å²) in [5.74, 6) is 0.637. The second-order valence-corrected chi connectivity index (χ2v) is 5.64. The normalized spacial score (nSPS) is 20.5. The van der Waals surface area contributed by atoms with Crippen LogP contribution in [0.4, 0.5) is 4.79 Å². The number of rotatable bonds is 7. The van der Waals surface area contributed by atoms with Gasteiger partial charge in [0.25, 0.3) is 0 Å². The van der Waals surface area contributed by atoms with Crippen molar-refractivity contribution in [2.45, 2.75) is 52.5 Å². The summed E-state index contributed by atoms with van der Waals surface area (Å²) < 4.78 is 0. The minimum Gasteiger partial charge on any atom is -0.396 e. The second kappa shape index (κ2) is 6.24. The van der Waals surface area contributed by atoms with E-state index < -0.39 is 0 Å². The van der Waals surface area contributed by atoms with Crippen molar-refractivity contribution < 1.29 is 9.90 Å². The second-order valence-electron chi connectivity index (χ2n) is 5.64. The molecule has 0 radical (unpaired) electrons. The molecule has 100 valence electrons. The third kappa shape index (κ3) is 4.94. The smallest absolute Gasteiger partial charge is 0.315 e. The van der Waals surface area contributed by atoms with Gasteiger partial charge in [-0.25, -0.2) is 4.79 Å². The first kappa shape index (κ1) is 14.3. The lowest BCUT2D eigenvalue weighted by molar-refractivity contribution is 0.201. The fourth-order valence-electron chi connectivity index (χ4n) is 1.94. The third-order valence-electron chi connectivity index (χ3n) is 3.75. The van der Waals surface area contributed by atoms with Crippen molar-refractivity contribution in [3.63, 3.8) is 0 Å². The van der Waals surface area contributed by atoms with Gasteiger partial charge in [-0.05, 0) is 32.1 Å². The highest BCUT2D eigenvalue weighted by molar-refractivity contribution is 5.74. The molecule has 2 atom stereocenters. The van der Waals surface area contributed by atoms with Gasteiger partial charge in [0.15, 0.2) is 0 Å². The fraction of sp³-hybridized carbons (Fsp3) is 0.923. The van der Waals surface area contributed by atoms with Gasteiger partial charge in [0.05, 0.1) is 6.61 Å². The van der Waals surface area contributed by atoms with Crippen molar-refractivity contribution in [1.29, 1.82) is 0 Å². The highest BCUT2D eigenvalue weighted by Gasteiger charge is 2.42. The molecular weight excluding hydrogens is 216 g/mol. The molecule has 0 aliphatic heterocycles. The first-order valence-corrected chi connectivity index (χ1v) is 6.66. The SMILES string of the molecule is CCC(C)CC(C)NC(=O)NCC1(CO)CC1. The van der Waals surface area contributed by atoms with Gasteiger partial charge in [0, 0.05) is 18.0 Å². The molecule has 1 aliphatic carbocycles. The van der Waals surface area contributed by atoms with E-state index in [9.17, 15) is 4.79 Å². The molecule has 1 fully saturated rings. The molecule has 3 N–H and O–H groups in total. The van der Waals surface area contributed by atoms with E-state index >= 15 is 0 Å². The van der Waals surface area contributed by atoms with Crippen molar-refractivity contribution >= 4 is 6.03 Å². The summed E-state index contributed by atoms with van der Waals surface area (Å²) in [6.45, 7) is 7.16. The summed E-state index contributed by atoms with van der Waals surface area (Å²) in [5.41, 5.74) is -0.0166. The molecule has 1 rings (SSSR count). The van der Waals surface area contributed by atoms with Gasteiger partial charge in [0.1, 0.15) is 0 Å². The van der Waals surface area contributed by atoms with Crippen LogP contribution in [0.2, 0.25) is 0 Å². The average Bonchev–Trinajstić information content (AvgIpc) is 3.06. The van der Waals surface area contributed by atoms with Crippen molar-refractivity contribution in [3.05, 3.63) is 0 Å². The van der Waals surface area contributed by atoms with E-state index in [-0.39, 0.29) is 24.1 Å². The maximum atomic E-state index is 11.6. The topological polar surface area (TPSA) is 61.4 Å². The first-order valence-electron chi connectivity index (χ1n) is 6.66. The molecule has 2 unspecified atom stereocenters. The van der Waals surface area contributed by atoms with Gasteiger partial charge < -0.3 is 15.7 Å². The van der Waals surface area contributed by atoms with Gasteiger partial charge in [-0.3, -0.25) is 0 Å². The maximum absolute atomic E-state index is 11.6. The van der Waals surface area contributed by atoms with Crippen LogP contribution in [0, 0.1) is 11.3 Å². The number of hydrogen-bond donors (Lipinski definition) is 3. The third-order valence-corrected chi connectivity index (χ3v) is 3.75. The molecule has 2 amide bonds. The fourth-order valence-corrected chi connectivity index (χ4v) is 1.94. The Labute approximate surface area is 104 Å². The van der Waals surface area contributed by atoms with E-state index in [2.05, 4.69) is 24.5 Å². The van der Waals surface area contributed by atoms with Crippen molar-refractivity contribution in [2.75, 3.05) is 13.2 Å². The standard InChI is InChI=1S/C13H26N2O2/c1-4-10(2)7-11(3)15-12(17)14-8-13(9-16)5-6-13/h10-11,16H,4-9H2,1-3H3,(H2,14,15,17). The van der Waals surface area contributed by atoms with Crippen LogP contribution in [0.1, 0.15) is 46.5 Å². The zero-order valence-electron chi connectivity index (χ0n) is 11.3. The maximum Gasteiger partial charge on any atom is 0.315 e. The minimum atomic E-state index is -0.111. The van der Waals surface area contributed by atoms with E-state index in [1.165, 1.54) is 0 Å². The Bertz CT molecular complexity index is 252. The number of amides is 2. The zero-order valence-corrected chi connectivity index (χ0v) is 11.3. The van der Waals surface area contributed by atoms with E-state index in [1.807, 2.05) is 6.92 Å². The Morgan fingerprint density at radius 3 is 2.53 bits per heavy atom. The quantitative estimate of drug-likeness (QED) is 0.638. The van der Waals surface area contributed by atoms with Crippen LogP contribution < -0.4 is 10.6 Å². The molecule has 1 aliphatic rings. The van der Waals surface area contributed by atoms with E-state index in [0.29, 0.717) is 12.5 Å². The Balaban J connectivity index is 2.16. The molecule has 0 heterocycles. The first-order chi connectivity index (χ1) is 8.01. The predicted octanol–water partition coefficient (Wildman–Crippen LogP) is 1.88. The van der Waals surface area contributed by atoms with E-state index in [4.69, 9.17) is 5.11 Å². The lowest BCUT2D eigenvalue weighted by Crippen LogP contribution is -2.43. The van der Waals surface area contributed by atoms with Crippen LogP contribution >= 0.6 is 0 Å². The highest BCUT2D eigenvalue weighted by atomic mass is 16.3. The molecule has 0 bridgehead atoms. The number of urea groups is 1. The van der Waals surface area contributed by atoms with E-state index in [0.717, 1.165) is 25.7 Å². The van der Waals surface area contributed by atoms with Crippen LogP contribution in [0.3, 0.4) is 0 Å². The van der Waals surface area contributed by atoms with Crippen molar-refractivity contribution in [3.8, 4) is 0 Å². The lowest BCUT2D eigenvalue weighted by atomic mass is 10.0. The molecule has 4 heteroatoms. The molecule has 0 aromatic carbocycles. The molecule has 4 nitrogen and oxygen atoms in total. The number of carbonyl (C=O) groups is 1. The summed E-state index contributed by atoms with van der Waals surface area (Å²) >= 11 is 0. The predicted molar refractivity (Wildman–Crippen MR) is 68.8 cm³/mol. The number of hydrogen-bond acceptors (Lipinski definition) is 2. The Hall–Kier alpha value is -0.770. The molecule has 0 saturated heterocycles. The van der Waals surface area contributed by atoms with Crippen LogP contribution in [-0.4, -0.2) is 30.3 Å². The number of aliphatic hydroxyl groups is 1. The van der Waals surface area contributed by atoms with Gasteiger partial charge >= 0.3 is 6.03 Å². The van der Waals surface area contributed by atoms with Crippen LogP contribution in [0.15, 0.2) is 0 Å². The van der Waals surface area contributed by atoms with Crippen LogP contribution in [-0.2, 0) is 0 Å². The number of carbonyl (C=O) groups excluding carboxylic acids is 1. The van der Waals surface area contributed by atoms with Gasteiger partial charge in [-0.1, -0.05) is 20.3 Å². The molecular formula is C13H26N2O2. The van der Waals surface area contributed by atoms with Gasteiger partial charge in [-0.15, -0.1) is 0 Å². The van der Waals surface area contributed by atoms with Crippen molar-refractivity contribution in [2.24, 2.45) is 11.3 Å². The summed E-state index contributed by atoms with van der Waals surface area (Å²) in [6, 6.07) is 0.0924. The molecule has 1 saturated carbocycles. The Morgan fingerprint density at radius 1 is 1.41 bits per heavy atom. The molecule has 0 aromatic rings. The largest absolute Gasteiger partial charge is 0.396 e. The Kier molecular flexibility index (Phi) is 5.25. The minimum absolute atomic E-state index is 0.0166. The lowest BCUT2D eigenvalue weighted by Gasteiger charge is -2.19. The monoisotopic (exact) mass is 242 g/mol. The summed E-state index contributed by atoms with van der Waals surface area (Å²) in [7, 11) is 0. The highest BCUT2D eigenvalue weighted by Crippen LogP contribution is 2.44. The summed E-state index contributed by atoms with van der Waals surface area (Å²) in [6.07, 6.45) is 4.19. The van der Waals surface area contributed by atoms with Gasteiger partial charge in [0.2, 0.25) is 0 Å². The zero-order chi connectivity index (χ0) is 12.9. The molecule has 0 spiro atoms. The summed E-state index contributed by atoms with van der Waals surface area (Å²) in [5, 5.41) is 14.9. The van der Waals surface area contributed by atoms with Crippen molar-refractivity contribution in [1.82, 2.24) is 10.6 Å². The van der Waals surface area contributed by atoms with Crippen LogP contribution in [0.5, 0.6) is 0 Å². The van der Waals surface area contributed by atoms with Gasteiger partial charge in [-0.2, -0.15) is 0 Å². The van der Waals surface area contributed by atoms with E-state index in [1.54, 1.807) is 0 Å². The van der Waals surface area contributed by atoms with Crippen LogP contribution in [0.25, 0.3) is 0 Å². The summed E-state index contributed by atoms with van der Waals surface area (Å²) in [4.78, 5) is 11.6. The Morgan fingerprint density at radius 2 is 2.06 bits per heavy atom. The molecule has 17 heavy (non-hydrogen) atoms. The number of aliphatic hydroxyl groups excluding tert-OH is 1. The molecule has 0 aromatic heterocycles. The number of nitrogens with one attached hydrogen (secondary N) is 2.